The molecule has 0 atom stereocenters. The largest absolute Gasteiger partial charge is 0.386 e. The molecule has 2 amide bonds. The van der Waals surface area contributed by atoms with Crippen LogP contribution in [-0.4, -0.2) is 75.3 Å². The van der Waals surface area contributed by atoms with Crippen molar-refractivity contribution in [3.8, 4) is 0 Å². The van der Waals surface area contributed by atoms with Gasteiger partial charge in [0.1, 0.15) is 5.84 Å². The van der Waals surface area contributed by atoms with E-state index in [-0.39, 0.29) is 17.8 Å². The number of hydrogen-bond acceptors (Lipinski definition) is 6. The number of carbonyl (C=O) groups is 2. The number of amidine groups is 1. The Morgan fingerprint density at radius 2 is 2.08 bits per heavy atom. The van der Waals surface area contributed by atoms with E-state index in [9.17, 15) is 9.59 Å². The third-order valence-corrected chi connectivity index (χ3v) is 4.41. The number of piperazine rings is 1. The van der Waals surface area contributed by atoms with Gasteiger partial charge in [0.05, 0.1) is 23.8 Å². The van der Waals surface area contributed by atoms with E-state index in [0.717, 1.165) is 0 Å². The van der Waals surface area contributed by atoms with Gasteiger partial charge in [0.25, 0.3) is 5.91 Å². The average Bonchev–Trinajstić information content (AvgIpc) is 3.14. The fourth-order valence-corrected chi connectivity index (χ4v) is 2.80. The van der Waals surface area contributed by atoms with E-state index in [1.54, 1.807) is 23.3 Å². The molecule has 25 heavy (non-hydrogen) atoms. The molecule has 1 fully saturated rings. The SMILES string of the molecule is C=CS/C(=C\C)C(=O)N=C(N)CN1CCN(C(=O)n2ccnn2)CC1. The monoisotopic (exact) mass is 363 g/mol. The molecule has 0 spiro atoms. The molecule has 0 saturated carbocycles. The first-order chi connectivity index (χ1) is 12.0. The van der Waals surface area contributed by atoms with Crippen LogP contribution in [-0.2, 0) is 4.79 Å². The summed E-state index contributed by atoms with van der Waals surface area (Å²) in [6, 6.07) is -0.201. The number of thioether (sulfide) groups is 1. The summed E-state index contributed by atoms with van der Waals surface area (Å²) in [5, 5.41) is 8.91. The standard InChI is InChI=1S/C15H21N7O2S/c1-3-12(25-4-2)14(23)18-13(16)11-20-7-9-21(10-8-20)15(24)22-6-5-17-19-22/h3-6H,2,7-11H2,1H3,(H2,16,18,23)/b12-3-. The van der Waals surface area contributed by atoms with Crippen molar-refractivity contribution in [1.29, 1.82) is 0 Å². The van der Waals surface area contributed by atoms with Crippen LogP contribution in [0.25, 0.3) is 0 Å². The molecule has 0 unspecified atom stereocenters. The summed E-state index contributed by atoms with van der Waals surface area (Å²) in [5.74, 6) is -0.116. The molecule has 2 N–H and O–H groups in total. The van der Waals surface area contributed by atoms with Crippen molar-refractivity contribution in [3.05, 3.63) is 35.4 Å². The van der Waals surface area contributed by atoms with Crippen molar-refractivity contribution in [2.24, 2.45) is 10.7 Å². The van der Waals surface area contributed by atoms with E-state index < -0.39 is 0 Å². The highest BCUT2D eigenvalue weighted by atomic mass is 32.2. The fourth-order valence-electron chi connectivity index (χ4n) is 2.33. The molecule has 9 nitrogen and oxygen atoms in total. The second-order valence-electron chi connectivity index (χ2n) is 5.24. The quantitative estimate of drug-likeness (QED) is 0.461. The minimum Gasteiger partial charge on any atom is -0.386 e. The van der Waals surface area contributed by atoms with Crippen molar-refractivity contribution >= 4 is 29.5 Å². The predicted molar refractivity (Wildman–Crippen MR) is 97.0 cm³/mol. The molecule has 1 aliphatic rings. The van der Waals surface area contributed by atoms with Gasteiger partial charge in [0.2, 0.25) is 0 Å². The van der Waals surface area contributed by atoms with E-state index >= 15 is 0 Å². The van der Waals surface area contributed by atoms with Crippen LogP contribution >= 0.6 is 11.8 Å². The third-order valence-electron chi connectivity index (χ3n) is 3.58. The van der Waals surface area contributed by atoms with Crippen LogP contribution < -0.4 is 5.73 Å². The maximum absolute atomic E-state index is 12.2. The fraction of sp³-hybridized carbons (Fsp3) is 0.400. The van der Waals surface area contributed by atoms with Gasteiger partial charge in [0.15, 0.2) is 0 Å². The molecule has 1 aromatic rings. The molecule has 0 bridgehead atoms. The van der Waals surface area contributed by atoms with Gasteiger partial charge >= 0.3 is 6.03 Å². The molecular formula is C15H21N7O2S. The molecule has 1 aliphatic heterocycles. The minimum absolute atomic E-state index is 0.201. The summed E-state index contributed by atoms with van der Waals surface area (Å²) in [4.78, 5) is 32.3. The summed E-state index contributed by atoms with van der Waals surface area (Å²) in [5.41, 5.74) is 5.89. The molecule has 0 aliphatic carbocycles. The number of rotatable bonds is 5. The van der Waals surface area contributed by atoms with Gasteiger partial charge in [-0.1, -0.05) is 29.6 Å². The summed E-state index contributed by atoms with van der Waals surface area (Å²) in [7, 11) is 0. The molecule has 1 aromatic heterocycles. The van der Waals surface area contributed by atoms with Crippen LogP contribution in [0.4, 0.5) is 4.79 Å². The molecule has 1 saturated heterocycles. The zero-order valence-corrected chi connectivity index (χ0v) is 14.9. The molecular weight excluding hydrogens is 342 g/mol. The number of aromatic nitrogens is 3. The summed E-state index contributed by atoms with van der Waals surface area (Å²) < 4.78 is 1.21. The van der Waals surface area contributed by atoms with Crippen LogP contribution in [0.1, 0.15) is 6.92 Å². The highest BCUT2D eigenvalue weighted by Crippen LogP contribution is 2.17. The van der Waals surface area contributed by atoms with Crippen molar-refractivity contribution in [1.82, 2.24) is 24.8 Å². The van der Waals surface area contributed by atoms with E-state index in [0.29, 0.717) is 37.6 Å². The Balaban J connectivity index is 1.85. The lowest BCUT2D eigenvalue weighted by Gasteiger charge is -2.33. The van der Waals surface area contributed by atoms with E-state index in [2.05, 4.69) is 21.9 Å². The lowest BCUT2D eigenvalue weighted by Crippen LogP contribution is -2.51. The van der Waals surface area contributed by atoms with Crippen molar-refractivity contribution in [2.75, 3.05) is 32.7 Å². The van der Waals surface area contributed by atoms with Crippen molar-refractivity contribution in [3.63, 3.8) is 0 Å². The Labute approximate surface area is 150 Å². The van der Waals surface area contributed by atoms with Gasteiger partial charge in [-0.2, -0.15) is 9.67 Å². The maximum Gasteiger partial charge on any atom is 0.346 e. The summed E-state index contributed by atoms with van der Waals surface area (Å²) in [6.07, 6.45) is 4.66. The highest BCUT2D eigenvalue weighted by molar-refractivity contribution is 8.06. The number of nitrogens with zero attached hydrogens (tertiary/aromatic N) is 6. The normalized spacial score (nSPS) is 16.8. The van der Waals surface area contributed by atoms with E-state index in [1.807, 2.05) is 4.90 Å². The van der Waals surface area contributed by atoms with Gasteiger partial charge in [-0.15, -0.1) is 5.10 Å². The Morgan fingerprint density at radius 3 is 2.64 bits per heavy atom. The second-order valence-corrected chi connectivity index (χ2v) is 6.25. The van der Waals surface area contributed by atoms with Gasteiger partial charge in [-0.25, -0.2) is 4.79 Å². The van der Waals surface area contributed by atoms with Gasteiger partial charge in [-0.3, -0.25) is 9.69 Å². The van der Waals surface area contributed by atoms with Crippen LogP contribution in [0.3, 0.4) is 0 Å². The Morgan fingerprint density at radius 1 is 1.36 bits per heavy atom. The van der Waals surface area contributed by atoms with Crippen molar-refractivity contribution in [2.45, 2.75) is 6.92 Å². The lowest BCUT2D eigenvalue weighted by atomic mass is 10.3. The zero-order valence-electron chi connectivity index (χ0n) is 14.0. The van der Waals surface area contributed by atoms with E-state index in [4.69, 9.17) is 5.73 Å². The minimum atomic E-state index is -0.370. The second kappa shape index (κ2) is 9.14. The number of hydrogen-bond donors (Lipinski definition) is 1. The van der Waals surface area contributed by atoms with Crippen LogP contribution in [0.5, 0.6) is 0 Å². The molecule has 10 heteroatoms. The Bertz CT molecular complexity index is 676. The van der Waals surface area contributed by atoms with Gasteiger partial charge in [0, 0.05) is 26.2 Å². The smallest absolute Gasteiger partial charge is 0.346 e. The Hall–Kier alpha value is -2.46. The lowest BCUT2D eigenvalue weighted by molar-refractivity contribution is -0.113. The number of aliphatic imine (C=N–C) groups is 1. The third kappa shape index (κ3) is 5.26. The average molecular weight is 363 g/mol. The molecule has 134 valence electrons. The zero-order chi connectivity index (χ0) is 18.2. The molecule has 2 rings (SSSR count). The topological polar surface area (TPSA) is 110 Å². The molecule has 0 aromatic carbocycles. The maximum atomic E-state index is 12.2. The van der Waals surface area contributed by atoms with Crippen LogP contribution in [0, 0.1) is 0 Å². The molecule has 2 heterocycles. The van der Waals surface area contributed by atoms with Crippen molar-refractivity contribution < 1.29 is 9.59 Å². The number of amides is 2. The molecule has 0 radical (unpaired) electrons. The predicted octanol–water partition coefficient (Wildman–Crippen LogP) is 0.528. The number of nitrogens with two attached hydrogens (primary N) is 1. The summed E-state index contributed by atoms with van der Waals surface area (Å²) >= 11 is 1.22. The van der Waals surface area contributed by atoms with E-state index in [1.165, 1.54) is 28.8 Å². The van der Waals surface area contributed by atoms with Crippen LogP contribution in [0.2, 0.25) is 0 Å². The first-order valence-electron chi connectivity index (χ1n) is 7.74. The van der Waals surface area contributed by atoms with Gasteiger partial charge in [-0.05, 0) is 12.3 Å². The first kappa shape index (κ1) is 18.9. The highest BCUT2D eigenvalue weighted by Gasteiger charge is 2.23. The summed E-state index contributed by atoms with van der Waals surface area (Å²) in [6.45, 7) is 8.11. The number of allylic oxidation sites excluding steroid dienone is 1. The first-order valence-corrected chi connectivity index (χ1v) is 8.62. The number of carbonyl (C=O) groups excluding carboxylic acids is 2. The Kier molecular flexibility index (Phi) is 6.90. The van der Waals surface area contributed by atoms with Crippen LogP contribution in [0.15, 0.2) is 40.4 Å². The van der Waals surface area contributed by atoms with Gasteiger partial charge < -0.3 is 10.6 Å².